The number of imidazole rings is 1. The monoisotopic (exact) mass is 234 g/mol. The maximum atomic E-state index is 4.10. The largest absolute Gasteiger partial charge is 0.337 e. The highest BCUT2D eigenvalue weighted by Gasteiger charge is 2.17. The van der Waals surface area contributed by atoms with Crippen molar-refractivity contribution in [3.63, 3.8) is 0 Å². The molecule has 0 radical (unpaired) electrons. The third-order valence-electron chi connectivity index (χ3n) is 4.32. The van der Waals surface area contributed by atoms with Crippen LogP contribution in [0.4, 0.5) is 0 Å². The smallest absolute Gasteiger partial charge is 0.0945 e. The molecule has 0 N–H and O–H groups in total. The van der Waals surface area contributed by atoms with E-state index in [1.165, 1.54) is 51.4 Å². The van der Waals surface area contributed by atoms with E-state index in [2.05, 4.69) is 22.7 Å². The molecule has 0 spiro atoms. The molecule has 1 fully saturated rings. The Labute approximate surface area is 105 Å². The van der Waals surface area contributed by atoms with Crippen molar-refractivity contribution in [2.45, 2.75) is 64.8 Å². The van der Waals surface area contributed by atoms with Crippen LogP contribution in [0.25, 0.3) is 0 Å². The van der Waals surface area contributed by atoms with Crippen molar-refractivity contribution < 1.29 is 0 Å². The molecular weight excluding hydrogens is 208 g/mol. The van der Waals surface area contributed by atoms with Gasteiger partial charge in [0.1, 0.15) is 0 Å². The third-order valence-corrected chi connectivity index (χ3v) is 4.32. The highest BCUT2D eigenvalue weighted by molar-refractivity contribution is 4.75. The Morgan fingerprint density at radius 3 is 2.76 bits per heavy atom. The molecule has 1 aliphatic carbocycles. The molecule has 2 rings (SSSR count). The quantitative estimate of drug-likeness (QED) is 0.718. The molecule has 1 aromatic heterocycles. The third kappa shape index (κ3) is 4.18. The van der Waals surface area contributed by atoms with Crippen molar-refractivity contribution in [2.75, 3.05) is 0 Å². The van der Waals surface area contributed by atoms with Crippen LogP contribution in [0.15, 0.2) is 18.7 Å². The summed E-state index contributed by atoms with van der Waals surface area (Å²) in [5, 5.41) is 0. The summed E-state index contributed by atoms with van der Waals surface area (Å²) >= 11 is 0. The molecule has 1 unspecified atom stereocenters. The average molecular weight is 234 g/mol. The molecule has 2 nitrogen and oxygen atoms in total. The summed E-state index contributed by atoms with van der Waals surface area (Å²) in [4.78, 5) is 4.10. The molecule has 1 aromatic rings. The Morgan fingerprint density at radius 1 is 1.29 bits per heavy atom. The topological polar surface area (TPSA) is 17.8 Å². The van der Waals surface area contributed by atoms with E-state index in [0.29, 0.717) is 0 Å². The minimum atomic E-state index is 0.917. The second-order valence-corrected chi connectivity index (χ2v) is 5.60. The van der Waals surface area contributed by atoms with Gasteiger partial charge in [0, 0.05) is 18.9 Å². The first-order valence-electron chi connectivity index (χ1n) is 7.34. The van der Waals surface area contributed by atoms with Gasteiger partial charge in [-0.2, -0.15) is 0 Å². The van der Waals surface area contributed by atoms with Crippen molar-refractivity contribution in [2.24, 2.45) is 11.8 Å². The number of aryl methyl sites for hydroxylation is 1. The van der Waals surface area contributed by atoms with Gasteiger partial charge < -0.3 is 4.57 Å². The van der Waals surface area contributed by atoms with Gasteiger partial charge in [-0.25, -0.2) is 4.98 Å². The second-order valence-electron chi connectivity index (χ2n) is 5.60. The molecule has 1 heterocycles. The van der Waals surface area contributed by atoms with Gasteiger partial charge in [-0.05, 0) is 24.7 Å². The zero-order valence-electron chi connectivity index (χ0n) is 11.1. The van der Waals surface area contributed by atoms with Crippen molar-refractivity contribution >= 4 is 0 Å². The van der Waals surface area contributed by atoms with Gasteiger partial charge in [-0.3, -0.25) is 0 Å². The molecule has 1 saturated carbocycles. The van der Waals surface area contributed by atoms with Gasteiger partial charge in [0.15, 0.2) is 0 Å². The van der Waals surface area contributed by atoms with Gasteiger partial charge in [0.2, 0.25) is 0 Å². The molecule has 1 aliphatic rings. The van der Waals surface area contributed by atoms with E-state index >= 15 is 0 Å². The Bertz CT molecular complexity index is 286. The maximum absolute atomic E-state index is 4.10. The van der Waals surface area contributed by atoms with Gasteiger partial charge in [-0.1, -0.05) is 45.4 Å². The first kappa shape index (κ1) is 12.7. The molecule has 0 amide bonds. The average Bonchev–Trinajstić information content (AvgIpc) is 2.89. The molecule has 0 aromatic carbocycles. The van der Waals surface area contributed by atoms with Crippen molar-refractivity contribution in [1.29, 1.82) is 0 Å². The highest BCUT2D eigenvalue weighted by atomic mass is 15.0. The van der Waals surface area contributed by atoms with Crippen molar-refractivity contribution in [3.05, 3.63) is 18.7 Å². The SMILES string of the molecule is CCC(CCn1ccnc1)CC1CCCCC1. The van der Waals surface area contributed by atoms with Gasteiger partial charge >= 0.3 is 0 Å². The van der Waals surface area contributed by atoms with E-state index in [1.807, 2.05) is 12.5 Å². The minimum absolute atomic E-state index is 0.917. The van der Waals surface area contributed by atoms with Crippen LogP contribution < -0.4 is 0 Å². The van der Waals surface area contributed by atoms with Crippen LogP contribution in [0.2, 0.25) is 0 Å². The number of aromatic nitrogens is 2. The molecular formula is C15H26N2. The lowest BCUT2D eigenvalue weighted by Gasteiger charge is -2.26. The summed E-state index contributed by atoms with van der Waals surface area (Å²) in [6.07, 6.45) is 17.4. The highest BCUT2D eigenvalue weighted by Crippen LogP contribution is 2.31. The number of nitrogens with zero attached hydrogens (tertiary/aromatic N) is 2. The normalized spacial score (nSPS) is 19.4. The molecule has 17 heavy (non-hydrogen) atoms. The Balaban J connectivity index is 1.72. The summed E-state index contributed by atoms with van der Waals surface area (Å²) in [5.41, 5.74) is 0. The van der Waals surface area contributed by atoms with Crippen LogP contribution in [-0.2, 0) is 6.54 Å². The molecule has 1 atom stereocenters. The molecule has 96 valence electrons. The summed E-state index contributed by atoms with van der Waals surface area (Å²) in [6, 6.07) is 0. The summed E-state index contributed by atoms with van der Waals surface area (Å²) in [7, 11) is 0. The van der Waals surface area contributed by atoms with Crippen LogP contribution in [0.1, 0.15) is 58.3 Å². The lowest BCUT2D eigenvalue weighted by atomic mass is 9.81. The van der Waals surface area contributed by atoms with E-state index in [-0.39, 0.29) is 0 Å². The Morgan fingerprint density at radius 2 is 2.12 bits per heavy atom. The van der Waals surface area contributed by atoms with E-state index < -0.39 is 0 Å². The van der Waals surface area contributed by atoms with Crippen molar-refractivity contribution in [1.82, 2.24) is 9.55 Å². The van der Waals surface area contributed by atoms with E-state index in [1.54, 1.807) is 0 Å². The lowest BCUT2D eigenvalue weighted by Crippen LogP contribution is -2.13. The number of hydrogen-bond donors (Lipinski definition) is 0. The van der Waals surface area contributed by atoms with Gasteiger partial charge in [-0.15, -0.1) is 0 Å². The first-order chi connectivity index (χ1) is 8.38. The number of hydrogen-bond acceptors (Lipinski definition) is 1. The number of rotatable bonds is 6. The summed E-state index contributed by atoms with van der Waals surface area (Å²) < 4.78 is 2.21. The minimum Gasteiger partial charge on any atom is -0.337 e. The molecule has 2 heteroatoms. The zero-order valence-corrected chi connectivity index (χ0v) is 11.1. The zero-order chi connectivity index (χ0) is 11.9. The van der Waals surface area contributed by atoms with E-state index in [9.17, 15) is 0 Å². The first-order valence-corrected chi connectivity index (χ1v) is 7.34. The molecule has 0 saturated heterocycles. The summed E-state index contributed by atoms with van der Waals surface area (Å²) in [5.74, 6) is 1.94. The Kier molecular flexibility index (Phi) is 5.08. The fourth-order valence-corrected chi connectivity index (χ4v) is 3.13. The van der Waals surface area contributed by atoms with Crippen molar-refractivity contribution in [3.8, 4) is 0 Å². The predicted molar refractivity (Wildman–Crippen MR) is 71.8 cm³/mol. The van der Waals surface area contributed by atoms with Crippen LogP contribution in [0.3, 0.4) is 0 Å². The summed E-state index contributed by atoms with van der Waals surface area (Å²) in [6.45, 7) is 3.49. The Hall–Kier alpha value is -0.790. The van der Waals surface area contributed by atoms with Gasteiger partial charge in [0.05, 0.1) is 6.33 Å². The predicted octanol–water partition coefficient (Wildman–Crippen LogP) is 4.27. The second kappa shape index (κ2) is 6.83. The van der Waals surface area contributed by atoms with Gasteiger partial charge in [0.25, 0.3) is 0 Å². The lowest BCUT2D eigenvalue weighted by molar-refractivity contribution is 0.268. The molecule has 0 aliphatic heterocycles. The van der Waals surface area contributed by atoms with E-state index in [4.69, 9.17) is 0 Å². The molecule has 0 bridgehead atoms. The fraction of sp³-hybridized carbons (Fsp3) is 0.800. The fourth-order valence-electron chi connectivity index (χ4n) is 3.13. The maximum Gasteiger partial charge on any atom is 0.0945 e. The van der Waals surface area contributed by atoms with Crippen LogP contribution in [0, 0.1) is 11.8 Å². The standard InChI is InChI=1S/C15H26N2/c1-2-14(8-10-17-11-9-16-13-17)12-15-6-4-3-5-7-15/h9,11,13-15H,2-8,10,12H2,1H3. The van der Waals surface area contributed by atoms with Crippen LogP contribution in [0.5, 0.6) is 0 Å². The van der Waals surface area contributed by atoms with Crippen LogP contribution in [-0.4, -0.2) is 9.55 Å². The van der Waals surface area contributed by atoms with Crippen LogP contribution >= 0.6 is 0 Å². The van der Waals surface area contributed by atoms with E-state index in [0.717, 1.165) is 18.4 Å².